The number of aryl methyl sites for hydroxylation is 1. The minimum Gasteiger partial charge on any atom is -0.481 e. The van der Waals surface area contributed by atoms with E-state index in [1.807, 2.05) is 15.6 Å². The third kappa shape index (κ3) is 2.93. The van der Waals surface area contributed by atoms with Crippen LogP contribution in [0.15, 0.2) is 18.3 Å². The fraction of sp³-hybridized carbons (Fsp3) is 0.385. The van der Waals surface area contributed by atoms with E-state index in [1.165, 1.54) is 0 Å². The Hall–Kier alpha value is -2.64. The number of fused-ring (bicyclic) bond motifs is 1. The third-order valence-corrected chi connectivity index (χ3v) is 3.39. The lowest BCUT2D eigenvalue weighted by molar-refractivity contribution is -0.136. The van der Waals surface area contributed by atoms with Crippen LogP contribution >= 0.6 is 0 Å². The Labute approximate surface area is 121 Å². The molecule has 0 saturated heterocycles. The van der Waals surface area contributed by atoms with Gasteiger partial charge in [-0.25, -0.2) is 4.98 Å². The molecule has 0 bridgehead atoms. The van der Waals surface area contributed by atoms with Crippen LogP contribution in [0.4, 0.5) is 11.8 Å². The molecule has 2 aromatic rings. The highest BCUT2D eigenvalue weighted by atomic mass is 16.4. The minimum atomic E-state index is -0.809. The van der Waals surface area contributed by atoms with Gasteiger partial charge < -0.3 is 15.7 Å². The van der Waals surface area contributed by atoms with Gasteiger partial charge in [0.25, 0.3) is 0 Å². The zero-order valence-electron chi connectivity index (χ0n) is 11.4. The standard InChI is InChI=1S/C13H16N6O2/c14-11-3-4-15-13(16-11)18-5-6-19-10(8-18)7-9(17-19)1-2-12(20)21/h3-4,7H,1-2,5-6,8H2,(H,20,21)(H2,14,15,16). The molecule has 8 heteroatoms. The number of nitrogens with zero attached hydrogens (tertiary/aromatic N) is 5. The van der Waals surface area contributed by atoms with Gasteiger partial charge in [0.1, 0.15) is 5.82 Å². The van der Waals surface area contributed by atoms with Crippen LogP contribution < -0.4 is 10.6 Å². The maximum atomic E-state index is 10.6. The third-order valence-electron chi connectivity index (χ3n) is 3.39. The topological polar surface area (TPSA) is 110 Å². The van der Waals surface area contributed by atoms with E-state index in [-0.39, 0.29) is 6.42 Å². The lowest BCUT2D eigenvalue weighted by Crippen LogP contribution is -2.35. The van der Waals surface area contributed by atoms with E-state index in [2.05, 4.69) is 15.1 Å². The molecule has 3 rings (SSSR count). The van der Waals surface area contributed by atoms with Crippen LogP contribution in [0.2, 0.25) is 0 Å². The predicted molar refractivity (Wildman–Crippen MR) is 75.7 cm³/mol. The molecule has 0 aromatic carbocycles. The summed E-state index contributed by atoms with van der Waals surface area (Å²) in [5.41, 5.74) is 7.52. The summed E-state index contributed by atoms with van der Waals surface area (Å²) in [6.45, 7) is 2.11. The maximum absolute atomic E-state index is 10.6. The number of aliphatic carboxylic acids is 1. The van der Waals surface area contributed by atoms with Gasteiger partial charge in [0.05, 0.1) is 30.9 Å². The van der Waals surface area contributed by atoms with Crippen LogP contribution in [-0.2, 0) is 24.3 Å². The zero-order valence-corrected chi connectivity index (χ0v) is 11.4. The zero-order chi connectivity index (χ0) is 14.8. The van der Waals surface area contributed by atoms with Crippen molar-refractivity contribution in [3.05, 3.63) is 29.7 Å². The molecule has 0 radical (unpaired) electrons. The van der Waals surface area contributed by atoms with Crippen molar-refractivity contribution in [3.63, 3.8) is 0 Å². The summed E-state index contributed by atoms with van der Waals surface area (Å²) in [5, 5.41) is 13.2. The van der Waals surface area contributed by atoms with E-state index in [9.17, 15) is 4.79 Å². The van der Waals surface area contributed by atoms with Gasteiger partial charge in [0.2, 0.25) is 5.95 Å². The van der Waals surface area contributed by atoms with Crippen molar-refractivity contribution < 1.29 is 9.90 Å². The van der Waals surface area contributed by atoms with Gasteiger partial charge in [-0.15, -0.1) is 0 Å². The van der Waals surface area contributed by atoms with E-state index < -0.39 is 5.97 Å². The van der Waals surface area contributed by atoms with Gasteiger partial charge in [0, 0.05) is 19.2 Å². The Morgan fingerprint density at radius 2 is 2.29 bits per heavy atom. The highest BCUT2D eigenvalue weighted by molar-refractivity contribution is 5.66. The van der Waals surface area contributed by atoms with Gasteiger partial charge >= 0.3 is 5.97 Å². The summed E-state index contributed by atoms with van der Waals surface area (Å²) in [6, 6.07) is 3.60. The molecule has 0 amide bonds. The van der Waals surface area contributed by atoms with Crippen LogP contribution in [0.5, 0.6) is 0 Å². The molecule has 0 aliphatic carbocycles. The summed E-state index contributed by atoms with van der Waals surface area (Å²) in [5.74, 6) is 0.242. The summed E-state index contributed by atoms with van der Waals surface area (Å²) < 4.78 is 1.92. The van der Waals surface area contributed by atoms with Gasteiger partial charge in [-0.3, -0.25) is 9.48 Å². The molecule has 0 saturated carbocycles. The summed E-state index contributed by atoms with van der Waals surface area (Å²) in [6.07, 6.45) is 2.18. The van der Waals surface area contributed by atoms with E-state index in [0.717, 1.165) is 24.5 Å². The number of anilines is 2. The number of rotatable bonds is 4. The number of hydrogen-bond acceptors (Lipinski definition) is 6. The van der Waals surface area contributed by atoms with Crippen molar-refractivity contribution in [2.24, 2.45) is 0 Å². The summed E-state index contributed by atoms with van der Waals surface area (Å²) >= 11 is 0. The number of carboxylic acids is 1. The second kappa shape index (κ2) is 5.39. The van der Waals surface area contributed by atoms with Crippen molar-refractivity contribution in [1.82, 2.24) is 19.7 Å². The van der Waals surface area contributed by atoms with E-state index in [0.29, 0.717) is 24.7 Å². The largest absolute Gasteiger partial charge is 0.481 e. The Kier molecular flexibility index (Phi) is 3.43. The van der Waals surface area contributed by atoms with Crippen molar-refractivity contribution in [1.29, 1.82) is 0 Å². The van der Waals surface area contributed by atoms with Crippen LogP contribution in [-0.4, -0.2) is 37.4 Å². The van der Waals surface area contributed by atoms with Crippen molar-refractivity contribution in [2.45, 2.75) is 25.9 Å². The predicted octanol–water partition coefficient (Wildman–Crippen LogP) is 0.293. The second-order valence-electron chi connectivity index (χ2n) is 4.95. The lowest BCUT2D eigenvalue weighted by Gasteiger charge is -2.27. The maximum Gasteiger partial charge on any atom is 0.303 e. The number of hydrogen-bond donors (Lipinski definition) is 2. The minimum absolute atomic E-state index is 0.0957. The number of aromatic nitrogens is 4. The highest BCUT2D eigenvalue weighted by Gasteiger charge is 2.20. The molecule has 0 fully saturated rings. The second-order valence-corrected chi connectivity index (χ2v) is 4.95. The van der Waals surface area contributed by atoms with Gasteiger partial charge in [0.15, 0.2) is 0 Å². The molecule has 21 heavy (non-hydrogen) atoms. The number of nitrogens with two attached hydrogens (primary N) is 1. The monoisotopic (exact) mass is 288 g/mol. The van der Waals surface area contributed by atoms with Gasteiger partial charge in [-0.05, 0) is 12.1 Å². The molecule has 1 aliphatic rings. The smallest absolute Gasteiger partial charge is 0.303 e. The first-order chi connectivity index (χ1) is 10.1. The van der Waals surface area contributed by atoms with Gasteiger partial charge in [-0.2, -0.15) is 10.1 Å². The number of carboxylic acid groups (broad SMARTS) is 1. The quantitative estimate of drug-likeness (QED) is 0.832. The first kappa shape index (κ1) is 13.3. The van der Waals surface area contributed by atoms with Crippen LogP contribution in [0, 0.1) is 0 Å². The van der Waals surface area contributed by atoms with Crippen molar-refractivity contribution in [2.75, 3.05) is 17.2 Å². The Morgan fingerprint density at radius 3 is 3.05 bits per heavy atom. The molecule has 3 heterocycles. The fourth-order valence-electron chi connectivity index (χ4n) is 2.37. The van der Waals surface area contributed by atoms with Crippen molar-refractivity contribution >= 4 is 17.7 Å². The van der Waals surface area contributed by atoms with Crippen LogP contribution in [0.1, 0.15) is 17.8 Å². The first-order valence-electron chi connectivity index (χ1n) is 6.72. The fourth-order valence-corrected chi connectivity index (χ4v) is 2.37. The molecule has 110 valence electrons. The summed E-state index contributed by atoms with van der Waals surface area (Å²) in [7, 11) is 0. The Balaban J connectivity index is 1.74. The van der Waals surface area contributed by atoms with Gasteiger partial charge in [-0.1, -0.05) is 0 Å². The summed E-state index contributed by atoms with van der Waals surface area (Å²) in [4.78, 5) is 21.1. The van der Waals surface area contributed by atoms with Crippen LogP contribution in [0.25, 0.3) is 0 Å². The molecule has 2 aromatic heterocycles. The normalized spacial score (nSPS) is 14.0. The first-order valence-corrected chi connectivity index (χ1v) is 6.72. The molecule has 8 nitrogen and oxygen atoms in total. The number of carbonyl (C=O) groups is 1. The Morgan fingerprint density at radius 1 is 1.43 bits per heavy atom. The number of nitrogen functional groups attached to an aromatic ring is 1. The molecule has 3 N–H and O–H groups in total. The Bertz CT molecular complexity index is 668. The average molecular weight is 288 g/mol. The molecule has 0 atom stereocenters. The lowest BCUT2D eigenvalue weighted by atomic mass is 10.2. The van der Waals surface area contributed by atoms with E-state index in [4.69, 9.17) is 10.8 Å². The molecular formula is C13H16N6O2. The molecule has 0 spiro atoms. The van der Waals surface area contributed by atoms with E-state index in [1.54, 1.807) is 12.3 Å². The SMILES string of the molecule is Nc1ccnc(N2CCn3nc(CCC(=O)O)cc3C2)n1. The molecule has 0 unspecified atom stereocenters. The molecule has 1 aliphatic heterocycles. The van der Waals surface area contributed by atoms with Crippen molar-refractivity contribution in [3.8, 4) is 0 Å². The van der Waals surface area contributed by atoms with E-state index >= 15 is 0 Å². The highest BCUT2D eigenvalue weighted by Crippen LogP contribution is 2.19. The average Bonchev–Trinajstić information content (AvgIpc) is 2.87. The molecular weight excluding hydrogens is 272 g/mol. The van der Waals surface area contributed by atoms with Crippen LogP contribution in [0.3, 0.4) is 0 Å².